The smallest absolute Gasteiger partial charge is 0.252 e. The van der Waals surface area contributed by atoms with Crippen molar-refractivity contribution >= 4 is 28.8 Å². The fourth-order valence-electron chi connectivity index (χ4n) is 2.43. The lowest BCUT2D eigenvalue weighted by atomic mass is 10.2. The minimum atomic E-state index is -0.128. The molecule has 25 heavy (non-hydrogen) atoms. The Morgan fingerprint density at radius 3 is 2.40 bits per heavy atom. The average molecular weight is 359 g/mol. The van der Waals surface area contributed by atoms with E-state index in [1.54, 1.807) is 16.3 Å². The van der Waals surface area contributed by atoms with Gasteiger partial charge in [-0.25, -0.2) is 0 Å². The largest absolute Gasteiger partial charge is 0.378 e. The fraction of sp³-hybridized carbons (Fsp3) is 0.368. The summed E-state index contributed by atoms with van der Waals surface area (Å²) in [5.41, 5.74) is 2.88. The van der Waals surface area contributed by atoms with Crippen molar-refractivity contribution in [3.05, 3.63) is 52.2 Å². The number of benzene rings is 1. The third kappa shape index (κ3) is 5.60. The number of hydrogen-bond acceptors (Lipinski definition) is 4. The summed E-state index contributed by atoms with van der Waals surface area (Å²) in [7, 11) is 4.00. The van der Waals surface area contributed by atoms with E-state index < -0.39 is 0 Å². The summed E-state index contributed by atoms with van der Waals surface area (Å²) in [4.78, 5) is 28.1. The van der Waals surface area contributed by atoms with E-state index in [1.165, 1.54) is 11.3 Å². The number of amides is 2. The van der Waals surface area contributed by atoms with E-state index in [4.69, 9.17) is 0 Å². The van der Waals surface area contributed by atoms with Gasteiger partial charge >= 0.3 is 0 Å². The molecule has 0 unspecified atom stereocenters. The van der Waals surface area contributed by atoms with Gasteiger partial charge in [0.25, 0.3) is 5.91 Å². The molecule has 6 heteroatoms. The zero-order valence-electron chi connectivity index (χ0n) is 15.0. The van der Waals surface area contributed by atoms with E-state index in [0.717, 1.165) is 11.3 Å². The lowest BCUT2D eigenvalue weighted by molar-refractivity contribution is -0.131. The Balaban J connectivity index is 1.82. The van der Waals surface area contributed by atoms with E-state index in [-0.39, 0.29) is 11.8 Å². The minimum absolute atomic E-state index is 0.0461. The third-order valence-corrected chi connectivity index (χ3v) is 4.65. The lowest BCUT2D eigenvalue weighted by Gasteiger charge is -2.22. The van der Waals surface area contributed by atoms with Crippen molar-refractivity contribution in [1.82, 2.24) is 10.2 Å². The zero-order chi connectivity index (χ0) is 18.2. The van der Waals surface area contributed by atoms with Gasteiger partial charge in [0.1, 0.15) is 0 Å². The highest BCUT2D eigenvalue weighted by molar-refractivity contribution is 7.08. The highest BCUT2D eigenvalue weighted by Gasteiger charge is 2.13. The Morgan fingerprint density at radius 1 is 1.12 bits per heavy atom. The normalized spacial score (nSPS) is 10.4. The molecular formula is C19H25N3O2S. The van der Waals surface area contributed by atoms with Gasteiger partial charge < -0.3 is 15.1 Å². The molecule has 2 rings (SSSR count). The van der Waals surface area contributed by atoms with Crippen molar-refractivity contribution in [1.29, 1.82) is 0 Å². The predicted molar refractivity (Wildman–Crippen MR) is 103 cm³/mol. The molecule has 134 valence electrons. The molecule has 5 nitrogen and oxygen atoms in total. The van der Waals surface area contributed by atoms with E-state index in [1.807, 2.05) is 43.4 Å². The monoisotopic (exact) mass is 359 g/mol. The Kier molecular flexibility index (Phi) is 7.01. The first-order chi connectivity index (χ1) is 12.0. The minimum Gasteiger partial charge on any atom is -0.378 e. The molecule has 0 fully saturated rings. The molecule has 0 saturated carbocycles. The molecule has 0 aliphatic rings. The fourth-order valence-corrected chi connectivity index (χ4v) is 3.07. The van der Waals surface area contributed by atoms with Crippen molar-refractivity contribution in [2.75, 3.05) is 32.1 Å². The molecule has 1 aromatic heterocycles. The number of hydrogen-bond donors (Lipinski definition) is 1. The van der Waals surface area contributed by atoms with Crippen LogP contribution >= 0.6 is 11.3 Å². The van der Waals surface area contributed by atoms with Gasteiger partial charge in [0, 0.05) is 56.8 Å². The second-order valence-corrected chi connectivity index (χ2v) is 6.77. The highest BCUT2D eigenvalue weighted by atomic mass is 32.1. The first-order valence-electron chi connectivity index (χ1n) is 8.35. The van der Waals surface area contributed by atoms with Crippen LogP contribution in [0.4, 0.5) is 5.69 Å². The molecule has 0 spiro atoms. The van der Waals surface area contributed by atoms with E-state index in [0.29, 0.717) is 31.6 Å². The van der Waals surface area contributed by atoms with Gasteiger partial charge in [0.05, 0.1) is 0 Å². The maximum Gasteiger partial charge on any atom is 0.252 e. The van der Waals surface area contributed by atoms with Crippen LogP contribution in [0.25, 0.3) is 0 Å². The van der Waals surface area contributed by atoms with Crippen molar-refractivity contribution < 1.29 is 9.59 Å². The van der Waals surface area contributed by atoms with E-state index >= 15 is 0 Å². The van der Waals surface area contributed by atoms with Gasteiger partial charge in [-0.2, -0.15) is 11.3 Å². The molecule has 0 atom stereocenters. The summed E-state index contributed by atoms with van der Waals surface area (Å²) >= 11 is 1.48. The number of carbonyl (C=O) groups is 2. The topological polar surface area (TPSA) is 52.6 Å². The third-order valence-electron chi connectivity index (χ3n) is 3.97. The number of anilines is 1. The Morgan fingerprint density at radius 2 is 1.84 bits per heavy atom. The first-order valence-corrected chi connectivity index (χ1v) is 9.30. The van der Waals surface area contributed by atoms with Crippen LogP contribution in [-0.2, 0) is 11.3 Å². The molecule has 0 saturated heterocycles. The van der Waals surface area contributed by atoms with Gasteiger partial charge in [-0.05, 0) is 36.1 Å². The van der Waals surface area contributed by atoms with Crippen LogP contribution in [0.5, 0.6) is 0 Å². The summed E-state index contributed by atoms with van der Waals surface area (Å²) < 4.78 is 0. The summed E-state index contributed by atoms with van der Waals surface area (Å²) in [5, 5.41) is 6.45. The quantitative estimate of drug-likeness (QED) is 0.788. The molecule has 2 amide bonds. The van der Waals surface area contributed by atoms with Gasteiger partial charge in [-0.15, -0.1) is 0 Å². The number of carbonyl (C=O) groups excluding carboxylic acids is 2. The van der Waals surface area contributed by atoms with Crippen molar-refractivity contribution in [2.24, 2.45) is 0 Å². The number of nitrogens with one attached hydrogen (secondary N) is 1. The van der Waals surface area contributed by atoms with Gasteiger partial charge in [0.2, 0.25) is 5.91 Å². The summed E-state index contributed by atoms with van der Waals surface area (Å²) in [5.74, 6) is -0.0822. The van der Waals surface area contributed by atoms with Crippen LogP contribution < -0.4 is 10.2 Å². The molecule has 1 heterocycles. The molecule has 0 radical (unpaired) electrons. The Hall–Kier alpha value is -2.34. The second-order valence-electron chi connectivity index (χ2n) is 5.99. The SMILES string of the molecule is CCN(Cc1ccc(N(C)C)cc1)C(=O)CCNC(=O)c1ccsc1. The summed E-state index contributed by atoms with van der Waals surface area (Å²) in [6.45, 7) is 3.55. The Bertz CT molecular complexity index is 681. The first kappa shape index (κ1) is 19.0. The Labute approximate surface area is 153 Å². The standard InChI is InChI=1S/C19H25N3O2S/c1-4-22(13-15-5-7-17(8-6-15)21(2)3)18(23)9-11-20-19(24)16-10-12-25-14-16/h5-8,10,12,14H,4,9,11,13H2,1-3H3,(H,20,24). The van der Waals surface area contributed by atoms with Gasteiger partial charge in [-0.1, -0.05) is 12.1 Å². The van der Waals surface area contributed by atoms with Crippen molar-refractivity contribution in [3.8, 4) is 0 Å². The maximum absolute atomic E-state index is 12.4. The van der Waals surface area contributed by atoms with E-state index in [9.17, 15) is 9.59 Å². The van der Waals surface area contributed by atoms with Gasteiger partial charge in [-0.3, -0.25) is 9.59 Å². The number of rotatable bonds is 8. The average Bonchev–Trinajstić information content (AvgIpc) is 3.14. The lowest BCUT2D eigenvalue weighted by Crippen LogP contribution is -2.34. The van der Waals surface area contributed by atoms with Crippen molar-refractivity contribution in [3.63, 3.8) is 0 Å². The van der Waals surface area contributed by atoms with Crippen LogP contribution in [-0.4, -0.2) is 43.9 Å². The number of thiophene rings is 1. The molecule has 0 bridgehead atoms. The van der Waals surface area contributed by atoms with Crippen LogP contribution in [0.1, 0.15) is 29.3 Å². The van der Waals surface area contributed by atoms with Crippen LogP contribution in [0.2, 0.25) is 0 Å². The number of nitrogens with zero attached hydrogens (tertiary/aromatic N) is 2. The van der Waals surface area contributed by atoms with Gasteiger partial charge in [0.15, 0.2) is 0 Å². The second kappa shape index (κ2) is 9.22. The molecule has 2 aromatic rings. The molecule has 1 N–H and O–H groups in total. The zero-order valence-corrected chi connectivity index (χ0v) is 15.8. The van der Waals surface area contributed by atoms with Crippen LogP contribution in [0.15, 0.2) is 41.1 Å². The molecule has 1 aromatic carbocycles. The highest BCUT2D eigenvalue weighted by Crippen LogP contribution is 2.14. The molecule has 0 aliphatic heterocycles. The maximum atomic E-state index is 12.4. The molecular weight excluding hydrogens is 334 g/mol. The summed E-state index contributed by atoms with van der Waals surface area (Å²) in [6, 6.07) is 9.97. The predicted octanol–water partition coefficient (Wildman–Crippen LogP) is 2.98. The van der Waals surface area contributed by atoms with Crippen molar-refractivity contribution in [2.45, 2.75) is 19.9 Å². The molecule has 0 aliphatic carbocycles. The summed E-state index contributed by atoms with van der Waals surface area (Å²) in [6.07, 6.45) is 0.305. The van der Waals surface area contributed by atoms with Crippen LogP contribution in [0, 0.1) is 0 Å². The van der Waals surface area contributed by atoms with Crippen LogP contribution in [0.3, 0.4) is 0 Å². The van der Waals surface area contributed by atoms with E-state index in [2.05, 4.69) is 17.4 Å².